The van der Waals surface area contributed by atoms with Crippen molar-refractivity contribution in [3.63, 3.8) is 0 Å². The van der Waals surface area contributed by atoms with Crippen LogP contribution < -0.4 is 10.1 Å². The average Bonchev–Trinajstić information content (AvgIpc) is 2.83. The van der Waals surface area contributed by atoms with E-state index in [9.17, 15) is 14.8 Å². The Morgan fingerprint density at radius 3 is 2.33 bits per heavy atom. The lowest BCUT2D eigenvalue weighted by Gasteiger charge is -2.37. The number of ketones is 1. The highest BCUT2D eigenvalue weighted by Crippen LogP contribution is 2.69. The predicted molar refractivity (Wildman–Crippen MR) is 89.4 cm³/mol. The maximum Gasteiger partial charge on any atom is 0.239 e. The van der Waals surface area contributed by atoms with Crippen LogP contribution in [0, 0.1) is 16.2 Å². The second kappa shape index (κ2) is 5.06. The van der Waals surface area contributed by atoms with Gasteiger partial charge in [0.2, 0.25) is 5.91 Å². The molecule has 0 aliphatic heterocycles. The lowest BCUT2D eigenvalue weighted by molar-refractivity contribution is -0.140. The van der Waals surface area contributed by atoms with Gasteiger partial charge in [0.1, 0.15) is 16.9 Å². The Morgan fingerprint density at radius 2 is 1.83 bits per heavy atom. The van der Waals surface area contributed by atoms with Crippen LogP contribution in [-0.2, 0) is 9.59 Å². The largest absolute Gasteiger partial charge is 0.497 e. The van der Waals surface area contributed by atoms with Crippen molar-refractivity contribution in [2.45, 2.75) is 33.6 Å². The van der Waals surface area contributed by atoms with E-state index in [1.54, 1.807) is 31.4 Å². The number of anilines is 1. The molecule has 1 aromatic rings. The van der Waals surface area contributed by atoms with Gasteiger partial charge in [-0.3, -0.25) is 9.59 Å². The molecule has 24 heavy (non-hydrogen) atoms. The molecule has 2 aliphatic rings. The molecular weight excluding hydrogens is 308 g/mol. The lowest BCUT2D eigenvalue weighted by Crippen LogP contribution is -2.47. The van der Waals surface area contributed by atoms with E-state index in [4.69, 9.17) is 4.74 Å². The van der Waals surface area contributed by atoms with E-state index in [1.165, 1.54) is 0 Å². The number of rotatable bonds is 3. The number of nitrogens with zero attached hydrogens (tertiary/aromatic N) is 1. The molecule has 6 nitrogen and oxygen atoms in total. The van der Waals surface area contributed by atoms with Crippen molar-refractivity contribution in [3.8, 4) is 5.75 Å². The molecule has 1 amide bonds. The molecule has 2 aliphatic carbocycles. The Labute approximate surface area is 140 Å². The SMILES string of the molecule is COc1ccc(NC(=O)C23CCC(C)(C(=NO)C2=O)C3(C)C)cc1. The first-order valence-electron chi connectivity index (χ1n) is 7.97. The van der Waals surface area contributed by atoms with Gasteiger partial charge in [-0.05, 0) is 42.5 Å². The molecule has 0 spiro atoms. The van der Waals surface area contributed by atoms with E-state index in [1.807, 2.05) is 20.8 Å². The Bertz CT molecular complexity index is 738. The Balaban J connectivity index is 1.97. The minimum atomic E-state index is -1.21. The number of methoxy groups -OCH3 is 1. The number of amides is 1. The minimum Gasteiger partial charge on any atom is -0.497 e. The summed E-state index contributed by atoms with van der Waals surface area (Å²) in [6, 6.07) is 6.95. The maximum atomic E-state index is 13.1. The average molecular weight is 330 g/mol. The van der Waals surface area contributed by atoms with Gasteiger partial charge in [-0.15, -0.1) is 0 Å². The van der Waals surface area contributed by atoms with E-state index in [-0.39, 0.29) is 17.4 Å². The van der Waals surface area contributed by atoms with Crippen LogP contribution >= 0.6 is 0 Å². The smallest absolute Gasteiger partial charge is 0.239 e. The van der Waals surface area contributed by atoms with Gasteiger partial charge in [0, 0.05) is 11.1 Å². The summed E-state index contributed by atoms with van der Waals surface area (Å²) in [5, 5.41) is 15.4. The third-order valence-electron chi connectivity index (χ3n) is 6.41. The number of ether oxygens (including phenoxy) is 1. The Morgan fingerprint density at radius 1 is 1.21 bits per heavy atom. The van der Waals surface area contributed by atoms with Gasteiger partial charge < -0.3 is 15.3 Å². The van der Waals surface area contributed by atoms with Gasteiger partial charge in [-0.1, -0.05) is 25.9 Å². The number of fused-ring (bicyclic) bond motifs is 2. The second-order valence-corrected chi connectivity index (χ2v) is 7.32. The quantitative estimate of drug-likeness (QED) is 0.507. The Hall–Kier alpha value is -2.37. The third kappa shape index (κ3) is 1.74. The van der Waals surface area contributed by atoms with Crippen molar-refractivity contribution in [1.82, 2.24) is 0 Å². The Kier molecular flexibility index (Phi) is 3.48. The maximum absolute atomic E-state index is 13.1. The van der Waals surface area contributed by atoms with Crippen molar-refractivity contribution >= 4 is 23.1 Å². The fraction of sp³-hybridized carbons (Fsp3) is 0.500. The molecule has 2 atom stereocenters. The number of nitrogens with one attached hydrogen (secondary N) is 1. The molecule has 2 unspecified atom stereocenters. The lowest BCUT2D eigenvalue weighted by atomic mass is 9.64. The third-order valence-corrected chi connectivity index (χ3v) is 6.41. The summed E-state index contributed by atoms with van der Waals surface area (Å²) >= 11 is 0. The summed E-state index contributed by atoms with van der Waals surface area (Å²) in [7, 11) is 1.57. The molecule has 128 valence electrons. The molecule has 2 N–H and O–H groups in total. The predicted octanol–water partition coefficient (Wildman–Crippen LogP) is 2.86. The topological polar surface area (TPSA) is 88.0 Å². The molecule has 1 aromatic carbocycles. The zero-order chi connectivity index (χ0) is 17.8. The second-order valence-electron chi connectivity index (χ2n) is 7.32. The number of Topliss-reactive ketones (excluding diaryl/α,β-unsaturated/α-hetero) is 1. The summed E-state index contributed by atoms with van der Waals surface area (Å²) in [5.41, 5.74) is -1.72. The van der Waals surface area contributed by atoms with Crippen LogP contribution in [0.3, 0.4) is 0 Å². The number of carbonyl (C=O) groups is 2. The highest BCUT2D eigenvalue weighted by molar-refractivity contribution is 6.51. The molecule has 2 saturated carbocycles. The molecule has 0 saturated heterocycles. The van der Waals surface area contributed by atoms with Crippen molar-refractivity contribution in [2.24, 2.45) is 21.4 Å². The van der Waals surface area contributed by atoms with Crippen molar-refractivity contribution in [1.29, 1.82) is 0 Å². The molecule has 0 aromatic heterocycles. The van der Waals surface area contributed by atoms with Gasteiger partial charge in [0.25, 0.3) is 0 Å². The van der Waals surface area contributed by atoms with Crippen molar-refractivity contribution < 1.29 is 19.5 Å². The number of hydrogen-bond donors (Lipinski definition) is 2. The summed E-state index contributed by atoms with van der Waals surface area (Å²) in [6.07, 6.45) is 1.09. The van der Waals surface area contributed by atoms with Gasteiger partial charge in [0.15, 0.2) is 5.78 Å². The molecule has 0 heterocycles. The van der Waals surface area contributed by atoms with Gasteiger partial charge in [-0.2, -0.15) is 0 Å². The van der Waals surface area contributed by atoms with Crippen LogP contribution in [-0.4, -0.2) is 29.7 Å². The van der Waals surface area contributed by atoms with Gasteiger partial charge in [-0.25, -0.2) is 0 Å². The molecule has 3 rings (SSSR count). The normalized spacial score (nSPS) is 32.2. The van der Waals surface area contributed by atoms with E-state index in [0.29, 0.717) is 24.3 Å². The standard InChI is InChI=1S/C18H22N2O4/c1-16(2)17(3)9-10-18(16,14(21)13(17)20-23)15(22)19-11-5-7-12(24-4)8-6-11/h5-8,23H,9-10H2,1-4H3,(H,19,22). The molecule has 0 radical (unpaired) electrons. The highest BCUT2D eigenvalue weighted by atomic mass is 16.5. The van der Waals surface area contributed by atoms with E-state index < -0.39 is 16.2 Å². The zero-order valence-corrected chi connectivity index (χ0v) is 14.3. The van der Waals surface area contributed by atoms with Crippen molar-refractivity contribution in [3.05, 3.63) is 24.3 Å². The highest BCUT2D eigenvalue weighted by Gasteiger charge is 2.76. The van der Waals surface area contributed by atoms with Crippen LogP contribution in [0.1, 0.15) is 33.6 Å². The summed E-state index contributed by atoms with van der Waals surface area (Å²) in [5.74, 6) is -0.0219. The number of hydrogen-bond acceptors (Lipinski definition) is 5. The van der Waals surface area contributed by atoms with Crippen LogP contribution in [0.25, 0.3) is 0 Å². The van der Waals surface area contributed by atoms with Gasteiger partial charge >= 0.3 is 0 Å². The summed E-state index contributed by atoms with van der Waals surface area (Å²) < 4.78 is 5.10. The fourth-order valence-electron chi connectivity index (χ4n) is 4.37. The molecule has 2 bridgehead atoms. The first kappa shape index (κ1) is 16.5. The van der Waals surface area contributed by atoms with E-state index in [0.717, 1.165) is 0 Å². The molecule has 6 heteroatoms. The molecule has 2 fully saturated rings. The van der Waals surface area contributed by atoms with Gasteiger partial charge in [0.05, 0.1) is 7.11 Å². The summed E-state index contributed by atoms with van der Waals surface area (Å²) in [6.45, 7) is 5.71. The zero-order valence-electron chi connectivity index (χ0n) is 14.3. The first-order valence-corrected chi connectivity index (χ1v) is 7.97. The van der Waals surface area contributed by atoms with E-state index in [2.05, 4.69) is 10.5 Å². The van der Waals surface area contributed by atoms with Crippen LogP contribution in [0.4, 0.5) is 5.69 Å². The first-order chi connectivity index (χ1) is 11.2. The monoisotopic (exact) mass is 330 g/mol. The number of carbonyl (C=O) groups excluding carboxylic acids is 2. The van der Waals surface area contributed by atoms with Crippen LogP contribution in [0.5, 0.6) is 5.75 Å². The van der Waals surface area contributed by atoms with Crippen molar-refractivity contribution in [2.75, 3.05) is 12.4 Å². The molecular formula is C18H22N2O4. The minimum absolute atomic E-state index is 0.114. The van der Waals surface area contributed by atoms with Crippen LogP contribution in [0.2, 0.25) is 0 Å². The summed E-state index contributed by atoms with van der Waals surface area (Å²) in [4.78, 5) is 26.0. The number of benzene rings is 1. The van der Waals surface area contributed by atoms with Crippen LogP contribution in [0.15, 0.2) is 29.4 Å². The van der Waals surface area contributed by atoms with E-state index >= 15 is 0 Å². The number of oxime groups is 1. The fourth-order valence-corrected chi connectivity index (χ4v) is 4.37.